The van der Waals surface area contributed by atoms with E-state index in [4.69, 9.17) is 4.74 Å². The highest BCUT2D eigenvalue weighted by Crippen LogP contribution is 2.28. The molecule has 1 aromatic rings. The second-order valence-electron chi connectivity index (χ2n) is 5.06. The molecule has 18 heavy (non-hydrogen) atoms. The molecule has 0 saturated carbocycles. The van der Waals surface area contributed by atoms with Crippen molar-refractivity contribution < 1.29 is 9.53 Å². The van der Waals surface area contributed by atoms with Gasteiger partial charge in [0, 0.05) is 6.54 Å². The van der Waals surface area contributed by atoms with Crippen molar-refractivity contribution in [2.45, 2.75) is 19.8 Å². The highest BCUT2D eigenvalue weighted by molar-refractivity contribution is 7.12. The summed E-state index contributed by atoms with van der Waals surface area (Å²) in [6.07, 6.45) is 2.21. The lowest BCUT2D eigenvalue weighted by Gasteiger charge is -2.34. The number of hydrogen-bond acceptors (Lipinski definition) is 4. The van der Waals surface area contributed by atoms with Crippen molar-refractivity contribution in [3.05, 3.63) is 16.3 Å². The quantitative estimate of drug-likeness (QED) is 0.876. The number of nitrogens with one attached hydrogen (secondary N) is 2. The van der Waals surface area contributed by atoms with Gasteiger partial charge in [-0.05, 0) is 42.8 Å². The molecule has 5 heteroatoms. The highest BCUT2D eigenvalue weighted by Gasteiger charge is 2.27. The molecule has 2 rings (SSSR count). The maximum atomic E-state index is 12.1. The molecule has 2 N–H and O–H groups in total. The van der Waals surface area contributed by atoms with Gasteiger partial charge in [-0.1, -0.05) is 6.92 Å². The van der Waals surface area contributed by atoms with Gasteiger partial charge in [-0.15, -0.1) is 11.3 Å². The monoisotopic (exact) mass is 268 g/mol. The van der Waals surface area contributed by atoms with E-state index < -0.39 is 0 Å². The van der Waals surface area contributed by atoms with Crippen LogP contribution in [0.4, 0.5) is 0 Å². The summed E-state index contributed by atoms with van der Waals surface area (Å²) in [5.41, 5.74) is 0.214. The Kier molecular flexibility index (Phi) is 4.24. The van der Waals surface area contributed by atoms with Gasteiger partial charge < -0.3 is 15.4 Å². The first-order valence-electron chi connectivity index (χ1n) is 6.25. The van der Waals surface area contributed by atoms with Crippen molar-refractivity contribution in [1.82, 2.24) is 10.6 Å². The third kappa shape index (κ3) is 3.03. The molecule has 1 fully saturated rings. The van der Waals surface area contributed by atoms with Crippen LogP contribution in [0.3, 0.4) is 0 Å². The predicted octanol–water partition coefficient (Wildman–Crippen LogP) is 1.88. The van der Waals surface area contributed by atoms with E-state index in [9.17, 15) is 4.79 Å². The standard InChI is InChI=1S/C13H20N2O2S/c1-13(4-6-14-7-5-13)9-15-12(16)11-10(17-2)3-8-18-11/h3,8,14H,4-7,9H2,1-2H3,(H,15,16). The van der Waals surface area contributed by atoms with Gasteiger partial charge in [0.1, 0.15) is 10.6 Å². The minimum atomic E-state index is -0.0263. The van der Waals surface area contributed by atoms with Crippen LogP contribution in [0.15, 0.2) is 11.4 Å². The zero-order valence-electron chi connectivity index (χ0n) is 10.9. The van der Waals surface area contributed by atoms with E-state index in [1.54, 1.807) is 7.11 Å². The van der Waals surface area contributed by atoms with Crippen molar-refractivity contribution in [2.75, 3.05) is 26.7 Å². The van der Waals surface area contributed by atoms with Gasteiger partial charge in [0.05, 0.1) is 7.11 Å². The zero-order chi connectivity index (χ0) is 13.0. The number of hydrogen-bond donors (Lipinski definition) is 2. The maximum Gasteiger partial charge on any atom is 0.265 e. The topological polar surface area (TPSA) is 50.4 Å². The van der Waals surface area contributed by atoms with Crippen molar-refractivity contribution in [2.24, 2.45) is 5.41 Å². The molecule has 0 aliphatic carbocycles. The fraction of sp³-hybridized carbons (Fsp3) is 0.615. The first kappa shape index (κ1) is 13.4. The second-order valence-corrected chi connectivity index (χ2v) is 5.98. The van der Waals surface area contributed by atoms with Gasteiger partial charge in [0.2, 0.25) is 0 Å². The number of ether oxygens (including phenoxy) is 1. The van der Waals surface area contributed by atoms with Crippen LogP contribution in [0.2, 0.25) is 0 Å². The van der Waals surface area contributed by atoms with Crippen LogP contribution in [0, 0.1) is 5.41 Å². The molecule has 1 saturated heterocycles. The Morgan fingerprint density at radius 2 is 2.28 bits per heavy atom. The average Bonchev–Trinajstić information content (AvgIpc) is 2.85. The van der Waals surface area contributed by atoms with E-state index in [0.717, 1.165) is 32.5 Å². The van der Waals surface area contributed by atoms with E-state index in [2.05, 4.69) is 17.6 Å². The molecule has 0 atom stereocenters. The van der Waals surface area contributed by atoms with Crippen molar-refractivity contribution in [3.8, 4) is 5.75 Å². The number of carbonyl (C=O) groups excluding carboxylic acids is 1. The molecule has 1 aromatic heterocycles. The van der Waals surface area contributed by atoms with E-state index in [1.807, 2.05) is 11.4 Å². The van der Waals surface area contributed by atoms with Crippen LogP contribution in [-0.4, -0.2) is 32.7 Å². The molecular weight excluding hydrogens is 248 g/mol. The molecule has 1 amide bonds. The number of carbonyl (C=O) groups is 1. The Bertz CT molecular complexity index is 411. The third-order valence-corrected chi connectivity index (χ3v) is 4.44. The first-order valence-corrected chi connectivity index (χ1v) is 7.13. The lowest BCUT2D eigenvalue weighted by atomic mass is 9.81. The van der Waals surface area contributed by atoms with E-state index >= 15 is 0 Å². The zero-order valence-corrected chi connectivity index (χ0v) is 11.7. The van der Waals surface area contributed by atoms with Crippen molar-refractivity contribution >= 4 is 17.2 Å². The van der Waals surface area contributed by atoms with Crippen molar-refractivity contribution in [3.63, 3.8) is 0 Å². The molecular formula is C13H20N2O2S. The Labute approximate surface area is 112 Å². The molecule has 1 aliphatic rings. The second kappa shape index (κ2) is 5.71. The summed E-state index contributed by atoms with van der Waals surface area (Å²) in [5, 5.41) is 8.25. The smallest absolute Gasteiger partial charge is 0.265 e. The molecule has 0 unspecified atom stereocenters. The Hall–Kier alpha value is -1.07. The fourth-order valence-electron chi connectivity index (χ4n) is 2.20. The molecule has 0 radical (unpaired) electrons. The summed E-state index contributed by atoms with van der Waals surface area (Å²) in [4.78, 5) is 12.7. The fourth-order valence-corrected chi connectivity index (χ4v) is 2.98. The van der Waals surface area contributed by atoms with Gasteiger partial charge in [-0.25, -0.2) is 0 Å². The Morgan fingerprint density at radius 1 is 1.56 bits per heavy atom. The van der Waals surface area contributed by atoms with Gasteiger partial charge in [0.25, 0.3) is 5.91 Å². The number of piperidine rings is 1. The maximum absolute atomic E-state index is 12.1. The van der Waals surface area contributed by atoms with Crippen LogP contribution >= 0.6 is 11.3 Å². The van der Waals surface area contributed by atoms with Crippen LogP contribution in [0.5, 0.6) is 5.75 Å². The SMILES string of the molecule is COc1ccsc1C(=O)NCC1(C)CCNCC1. The van der Waals surface area contributed by atoms with Crippen LogP contribution in [0.25, 0.3) is 0 Å². The van der Waals surface area contributed by atoms with Crippen LogP contribution in [-0.2, 0) is 0 Å². The van der Waals surface area contributed by atoms with E-state index in [1.165, 1.54) is 11.3 Å². The lowest BCUT2D eigenvalue weighted by molar-refractivity contribution is 0.0923. The first-order chi connectivity index (χ1) is 8.64. The summed E-state index contributed by atoms with van der Waals surface area (Å²) in [7, 11) is 1.59. The summed E-state index contributed by atoms with van der Waals surface area (Å²) in [5.74, 6) is 0.634. The molecule has 1 aliphatic heterocycles. The summed E-state index contributed by atoms with van der Waals surface area (Å²) in [6, 6.07) is 1.83. The van der Waals surface area contributed by atoms with Crippen LogP contribution in [0.1, 0.15) is 29.4 Å². The minimum absolute atomic E-state index is 0.0263. The molecule has 100 valence electrons. The number of amides is 1. The highest BCUT2D eigenvalue weighted by atomic mass is 32.1. The Morgan fingerprint density at radius 3 is 2.94 bits per heavy atom. The summed E-state index contributed by atoms with van der Waals surface area (Å²) >= 11 is 1.42. The normalized spacial score (nSPS) is 18.3. The molecule has 0 bridgehead atoms. The lowest BCUT2D eigenvalue weighted by Crippen LogP contribution is -2.42. The molecule has 0 aromatic carbocycles. The predicted molar refractivity (Wildman–Crippen MR) is 73.4 cm³/mol. The summed E-state index contributed by atoms with van der Waals surface area (Å²) in [6.45, 7) is 5.04. The van der Waals surface area contributed by atoms with Crippen LogP contribution < -0.4 is 15.4 Å². The molecule has 0 spiro atoms. The largest absolute Gasteiger partial charge is 0.495 e. The molecule has 2 heterocycles. The van der Waals surface area contributed by atoms with Gasteiger partial charge in [0.15, 0.2) is 0 Å². The number of thiophene rings is 1. The average molecular weight is 268 g/mol. The Balaban J connectivity index is 1.92. The third-order valence-electron chi connectivity index (χ3n) is 3.54. The van der Waals surface area contributed by atoms with E-state index in [0.29, 0.717) is 10.6 Å². The summed E-state index contributed by atoms with van der Waals surface area (Å²) < 4.78 is 5.16. The van der Waals surface area contributed by atoms with Crippen molar-refractivity contribution in [1.29, 1.82) is 0 Å². The van der Waals surface area contributed by atoms with E-state index in [-0.39, 0.29) is 11.3 Å². The van der Waals surface area contributed by atoms with Gasteiger partial charge in [-0.3, -0.25) is 4.79 Å². The number of methoxy groups -OCH3 is 1. The van der Waals surface area contributed by atoms with Gasteiger partial charge >= 0.3 is 0 Å². The number of rotatable bonds is 4. The van der Waals surface area contributed by atoms with Gasteiger partial charge in [-0.2, -0.15) is 0 Å². The molecule has 4 nitrogen and oxygen atoms in total. The minimum Gasteiger partial charge on any atom is -0.495 e.